The van der Waals surface area contributed by atoms with Gasteiger partial charge in [0.05, 0.1) is 12.7 Å². The van der Waals surface area contributed by atoms with E-state index in [1.54, 1.807) is 7.11 Å². The molecule has 2 aromatic rings. The lowest BCUT2D eigenvalue weighted by atomic mass is 10.0. The minimum atomic E-state index is -0.0123. The highest BCUT2D eigenvalue weighted by molar-refractivity contribution is 14.1. The summed E-state index contributed by atoms with van der Waals surface area (Å²) in [6.45, 7) is 0. The highest BCUT2D eigenvalue weighted by atomic mass is 127. The van der Waals surface area contributed by atoms with Crippen LogP contribution in [0.4, 0.5) is 0 Å². The lowest BCUT2D eigenvalue weighted by molar-refractivity contribution is 0.103. The molecule has 0 N–H and O–H groups in total. The topological polar surface area (TPSA) is 26.3 Å². The maximum atomic E-state index is 12.4. The molecule has 0 bridgehead atoms. The summed E-state index contributed by atoms with van der Waals surface area (Å²) in [5.74, 6) is 0.598. The highest BCUT2D eigenvalue weighted by Gasteiger charge is 2.14. The van der Waals surface area contributed by atoms with E-state index < -0.39 is 0 Å². The summed E-state index contributed by atoms with van der Waals surface area (Å²) in [5, 5.41) is 0. The summed E-state index contributed by atoms with van der Waals surface area (Å²) in [6.07, 6.45) is 0. The van der Waals surface area contributed by atoms with Crippen molar-refractivity contribution in [1.29, 1.82) is 0 Å². The van der Waals surface area contributed by atoms with Crippen molar-refractivity contribution < 1.29 is 9.53 Å². The van der Waals surface area contributed by atoms with E-state index in [9.17, 15) is 4.79 Å². The first-order valence-electron chi connectivity index (χ1n) is 5.25. The molecule has 0 unspecified atom stereocenters. The molecule has 0 saturated carbocycles. The number of rotatable bonds is 3. The van der Waals surface area contributed by atoms with Crippen molar-refractivity contribution in [3.8, 4) is 5.75 Å². The number of hydrogen-bond donors (Lipinski definition) is 0. The second-order valence-electron chi connectivity index (χ2n) is 3.68. The van der Waals surface area contributed by atoms with Crippen LogP contribution in [-0.4, -0.2) is 12.9 Å². The molecule has 2 aromatic carbocycles. The van der Waals surface area contributed by atoms with Crippen molar-refractivity contribution in [2.75, 3.05) is 7.11 Å². The fourth-order valence-corrected chi connectivity index (χ4v) is 2.47. The van der Waals surface area contributed by atoms with Gasteiger partial charge in [-0.3, -0.25) is 4.79 Å². The van der Waals surface area contributed by atoms with E-state index in [0.29, 0.717) is 16.9 Å². The van der Waals surface area contributed by atoms with E-state index in [1.807, 2.05) is 42.5 Å². The Kier molecular flexibility index (Phi) is 4.60. The predicted octanol–water partition coefficient (Wildman–Crippen LogP) is 4.14. The molecule has 0 heterocycles. The Morgan fingerprint density at radius 2 is 1.61 bits per heavy atom. The molecule has 18 heavy (non-hydrogen) atoms. The molecule has 92 valence electrons. The third-order valence-electron chi connectivity index (χ3n) is 2.51. The van der Waals surface area contributed by atoms with Crippen LogP contribution in [0.5, 0.6) is 5.75 Å². The van der Waals surface area contributed by atoms with Gasteiger partial charge in [-0.1, -0.05) is 0 Å². The van der Waals surface area contributed by atoms with Crippen LogP contribution in [0.25, 0.3) is 0 Å². The first kappa shape index (κ1) is 13.8. The number of ether oxygens (including phenoxy) is 1. The number of hydrogen-bond acceptors (Lipinski definition) is 2. The summed E-state index contributed by atoms with van der Waals surface area (Å²) >= 11 is 4.40. The first-order valence-corrected chi connectivity index (χ1v) is 7.41. The zero-order chi connectivity index (χ0) is 13.1. The lowest BCUT2D eigenvalue weighted by Gasteiger charge is -2.08. The number of carbonyl (C=O) groups is 1. The Morgan fingerprint density at radius 3 is 2.22 bits per heavy atom. The minimum Gasteiger partial charge on any atom is -0.496 e. The largest absolute Gasteiger partial charge is 0.496 e. The third-order valence-corrected chi connectivity index (χ3v) is 3.90. The van der Waals surface area contributed by atoms with Crippen LogP contribution in [0, 0.1) is 7.14 Å². The molecule has 2 rings (SSSR count). The zero-order valence-electron chi connectivity index (χ0n) is 9.61. The van der Waals surface area contributed by atoms with Gasteiger partial charge in [0.1, 0.15) is 5.75 Å². The molecule has 0 radical (unpaired) electrons. The van der Waals surface area contributed by atoms with Gasteiger partial charge in [0.2, 0.25) is 0 Å². The van der Waals surface area contributed by atoms with E-state index >= 15 is 0 Å². The highest BCUT2D eigenvalue weighted by Crippen LogP contribution is 2.24. The van der Waals surface area contributed by atoms with E-state index in [-0.39, 0.29) is 5.78 Å². The lowest BCUT2D eigenvalue weighted by Crippen LogP contribution is -2.04. The van der Waals surface area contributed by atoms with Gasteiger partial charge >= 0.3 is 0 Å². The maximum absolute atomic E-state index is 12.4. The molecule has 0 aliphatic rings. The molecular formula is C14H10I2O2. The second-order valence-corrected chi connectivity index (χ2v) is 6.17. The Morgan fingerprint density at radius 1 is 1.00 bits per heavy atom. The van der Waals surface area contributed by atoms with Crippen LogP contribution in [0.3, 0.4) is 0 Å². The molecule has 0 amide bonds. The van der Waals surface area contributed by atoms with Crippen LogP contribution in [-0.2, 0) is 0 Å². The summed E-state index contributed by atoms with van der Waals surface area (Å²) in [4.78, 5) is 12.4. The van der Waals surface area contributed by atoms with Crippen molar-refractivity contribution in [2.24, 2.45) is 0 Å². The van der Waals surface area contributed by atoms with Gasteiger partial charge in [0.15, 0.2) is 5.78 Å². The van der Waals surface area contributed by atoms with Gasteiger partial charge in [0, 0.05) is 12.7 Å². The molecule has 0 aliphatic heterocycles. The number of benzene rings is 2. The van der Waals surface area contributed by atoms with E-state index in [2.05, 4.69) is 45.2 Å². The Labute approximate surface area is 133 Å². The van der Waals surface area contributed by atoms with Crippen molar-refractivity contribution >= 4 is 51.0 Å². The Bertz CT molecular complexity index is 577. The van der Waals surface area contributed by atoms with Crippen LogP contribution in [0.15, 0.2) is 42.5 Å². The molecule has 0 aromatic heterocycles. The number of carbonyl (C=O) groups excluding carboxylic acids is 1. The van der Waals surface area contributed by atoms with Crippen LogP contribution in [0.1, 0.15) is 15.9 Å². The van der Waals surface area contributed by atoms with E-state index in [0.717, 1.165) is 7.14 Å². The monoisotopic (exact) mass is 464 g/mol. The van der Waals surface area contributed by atoms with Gasteiger partial charge in [-0.25, -0.2) is 0 Å². The van der Waals surface area contributed by atoms with Gasteiger partial charge in [0.25, 0.3) is 0 Å². The molecular weight excluding hydrogens is 454 g/mol. The Balaban J connectivity index is 2.45. The molecule has 0 spiro atoms. The fraction of sp³-hybridized carbons (Fsp3) is 0.0714. The van der Waals surface area contributed by atoms with Crippen LogP contribution < -0.4 is 4.74 Å². The summed E-state index contributed by atoms with van der Waals surface area (Å²) < 4.78 is 7.37. The van der Waals surface area contributed by atoms with Crippen molar-refractivity contribution in [2.45, 2.75) is 0 Å². The molecule has 4 heteroatoms. The average Bonchev–Trinajstić information content (AvgIpc) is 2.39. The van der Waals surface area contributed by atoms with Crippen molar-refractivity contribution in [3.63, 3.8) is 0 Å². The van der Waals surface area contributed by atoms with Gasteiger partial charge < -0.3 is 4.74 Å². The molecule has 2 nitrogen and oxygen atoms in total. The normalized spacial score (nSPS) is 10.2. The molecule has 0 aliphatic carbocycles. The predicted molar refractivity (Wildman–Crippen MR) is 88.3 cm³/mol. The maximum Gasteiger partial charge on any atom is 0.196 e. The van der Waals surface area contributed by atoms with Crippen molar-refractivity contribution in [3.05, 3.63) is 60.7 Å². The summed E-state index contributed by atoms with van der Waals surface area (Å²) in [7, 11) is 1.58. The number of methoxy groups -OCH3 is 1. The number of ketones is 1. The minimum absolute atomic E-state index is 0.0123. The Hall–Kier alpha value is -0.630. The van der Waals surface area contributed by atoms with Gasteiger partial charge in [-0.2, -0.15) is 0 Å². The average molecular weight is 464 g/mol. The van der Waals surface area contributed by atoms with Crippen LogP contribution >= 0.6 is 45.2 Å². The summed E-state index contributed by atoms with van der Waals surface area (Å²) in [5.41, 5.74) is 1.28. The quantitative estimate of drug-likeness (QED) is 0.505. The summed E-state index contributed by atoms with van der Waals surface area (Å²) in [6, 6.07) is 13.1. The second kappa shape index (κ2) is 6.01. The smallest absolute Gasteiger partial charge is 0.196 e. The number of halogens is 2. The SMILES string of the molecule is COc1ccc(I)cc1C(=O)c1ccc(I)cc1. The van der Waals surface area contributed by atoms with Crippen LogP contribution in [0.2, 0.25) is 0 Å². The van der Waals surface area contributed by atoms with E-state index in [1.165, 1.54) is 0 Å². The molecule has 0 atom stereocenters. The first-order chi connectivity index (χ1) is 8.61. The molecule has 0 saturated heterocycles. The fourth-order valence-electron chi connectivity index (χ4n) is 1.61. The molecule has 0 fully saturated rings. The zero-order valence-corrected chi connectivity index (χ0v) is 13.9. The van der Waals surface area contributed by atoms with Gasteiger partial charge in [-0.05, 0) is 87.6 Å². The van der Waals surface area contributed by atoms with Gasteiger partial charge in [-0.15, -0.1) is 0 Å². The third kappa shape index (κ3) is 3.03. The standard InChI is InChI=1S/C14H10I2O2/c1-18-13-7-6-11(16)8-12(13)14(17)9-2-4-10(15)5-3-9/h2-8H,1H3. The van der Waals surface area contributed by atoms with Crippen molar-refractivity contribution in [1.82, 2.24) is 0 Å². The van der Waals surface area contributed by atoms with E-state index in [4.69, 9.17) is 4.74 Å².